The van der Waals surface area contributed by atoms with E-state index in [0.717, 1.165) is 23.2 Å². The van der Waals surface area contributed by atoms with E-state index in [1.165, 1.54) is 17.0 Å². The van der Waals surface area contributed by atoms with Crippen LogP contribution in [-0.2, 0) is 10.0 Å². The minimum atomic E-state index is -4.07. The lowest BCUT2D eigenvalue weighted by atomic mass is 10.00. The molecule has 1 aromatic heterocycles. The van der Waals surface area contributed by atoms with Crippen LogP contribution in [0.15, 0.2) is 53.4 Å². The van der Waals surface area contributed by atoms with Gasteiger partial charge in [-0.2, -0.15) is 4.98 Å². The Morgan fingerprint density at radius 1 is 1.08 bits per heavy atom. The Bertz CT molecular complexity index is 1380. The summed E-state index contributed by atoms with van der Waals surface area (Å²) < 4.78 is 35.2. The molecule has 2 heterocycles. The van der Waals surface area contributed by atoms with Gasteiger partial charge in [-0.05, 0) is 50.2 Å². The number of fused-ring (bicyclic) bond motifs is 4. The Kier molecular flexibility index (Phi) is 8.06. The number of aromatic nitrogens is 2. The first kappa shape index (κ1) is 26.5. The lowest BCUT2D eigenvalue weighted by Gasteiger charge is -2.25. The third kappa shape index (κ3) is 6.24. The van der Waals surface area contributed by atoms with Gasteiger partial charge in [0.25, 0.3) is 15.9 Å². The molecule has 0 fully saturated rings. The highest BCUT2D eigenvalue weighted by Crippen LogP contribution is 2.30. The molecule has 0 radical (unpaired) electrons. The number of nitrogens with one attached hydrogen (secondary N) is 3. The molecule has 4 bridgehead atoms. The van der Waals surface area contributed by atoms with Gasteiger partial charge in [0.2, 0.25) is 11.8 Å². The van der Waals surface area contributed by atoms with Crippen LogP contribution >= 0.6 is 0 Å². The Balaban J connectivity index is 1.83. The summed E-state index contributed by atoms with van der Waals surface area (Å²) in [6.07, 6.45) is -0.458. The monoisotopic (exact) mass is 524 g/mol. The van der Waals surface area contributed by atoms with Crippen LogP contribution in [0.3, 0.4) is 0 Å². The predicted octanol–water partition coefficient (Wildman–Crippen LogP) is 2.20. The van der Waals surface area contributed by atoms with Crippen molar-refractivity contribution in [2.45, 2.75) is 24.8 Å². The number of hydrogen-bond donors (Lipinski definition) is 3. The number of carbonyl (C=O) groups is 1. The topological polar surface area (TPSA) is 126 Å². The fraction of sp³-hybridized carbons (Fsp3) is 0.346. The molecule has 1 atom stereocenters. The molecule has 37 heavy (non-hydrogen) atoms. The zero-order chi connectivity index (χ0) is 26.6. The summed E-state index contributed by atoms with van der Waals surface area (Å²) in [6.45, 7) is 6.12. The third-order valence-corrected chi connectivity index (χ3v) is 7.42. The smallest absolute Gasteiger partial charge is 0.264 e. The standard InChI is InChI=1S/C26H32N6O4S/c1-17-7-5-8-18(2)24(17)22-14-23-30-26(29-22)31-37(34,35)21-10-6-9-19(13-21)25(33)32(4)16-20(36-23)15-28-12-11-27-3/h5-10,13-14,20,27-28H,11-12,15-16H2,1-4H3,(H,29,30,31). The lowest BCUT2D eigenvalue weighted by molar-refractivity contribution is 0.0706. The molecular weight excluding hydrogens is 492 g/mol. The molecule has 3 N–H and O–H groups in total. The van der Waals surface area contributed by atoms with Crippen LogP contribution in [-0.4, -0.2) is 75.6 Å². The average molecular weight is 525 g/mol. The molecule has 1 amide bonds. The second kappa shape index (κ2) is 11.2. The van der Waals surface area contributed by atoms with Gasteiger partial charge in [0.1, 0.15) is 6.10 Å². The van der Waals surface area contributed by atoms with E-state index in [9.17, 15) is 13.2 Å². The summed E-state index contributed by atoms with van der Waals surface area (Å²) >= 11 is 0. The van der Waals surface area contributed by atoms with E-state index in [4.69, 9.17) is 4.74 Å². The Labute approximate surface area is 217 Å². The number of benzene rings is 2. The maximum Gasteiger partial charge on any atom is 0.264 e. The molecule has 0 spiro atoms. The van der Waals surface area contributed by atoms with Crippen LogP contribution in [0.2, 0.25) is 0 Å². The molecule has 3 aromatic rings. The molecule has 0 saturated heterocycles. The summed E-state index contributed by atoms with van der Waals surface area (Å²) in [7, 11) is -0.537. The van der Waals surface area contributed by atoms with Crippen molar-refractivity contribution in [1.82, 2.24) is 25.5 Å². The number of nitrogens with zero attached hydrogens (tertiary/aromatic N) is 3. The molecule has 1 aliphatic heterocycles. The van der Waals surface area contributed by atoms with E-state index in [-0.39, 0.29) is 34.7 Å². The number of sulfonamides is 1. The first-order chi connectivity index (χ1) is 17.7. The van der Waals surface area contributed by atoms with Crippen LogP contribution in [0, 0.1) is 13.8 Å². The molecule has 196 valence electrons. The molecule has 0 aliphatic carbocycles. The number of carbonyl (C=O) groups excluding carboxylic acids is 1. The summed E-state index contributed by atoms with van der Waals surface area (Å²) in [5, 5.41) is 6.41. The molecule has 2 aromatic carbocycles. The second-order valence-corrected chi connectivity index (χ2v) is 10.7. The number of aryl methyl sites for hydroxylation is 2. The molecule has 1 aliphatic rings. The van der Waals surface area contributed by atoms with Crippen molar-refractivity contribution in [3.8, 4) is 17.1 Å². The third-order valence-electron chi connectivity index (χ3n) is 6.09. The van der Waals surface area contributed by atoms with Crippen molar-refractivity contribution < 1.29 is 17.9 Å². The number of rotatable bonds is 6. The van der Waals surface area contributed by atoms with Gasteiger partial charge >= 0.3 is 0 Å². The molecule has 11 heteroatoms. The molecule has 0 saturated carbocycles. The molecule has 1 unspecified atom stereocenters. The van der Waals surface area contributed by atoms with Crippen LogP contribution in [0.25, 0.3) is 11.3 Å². The van der Waals surface area contributed by atoms with E-state index < -0.39 is 16.1 Å². The summed E-state index contributed by atoms with van der Waals surface area (Å²) in [6, 6.07) is 13.5. The van der Waals surface area contributed by atoms with Crippen molar-refractivity contribution >= 4 is 21.9 Å². The van der Waals surface area contributed by atoms with Crippen molar-refractivity contribution in [2.24, 2.45) is 0 Å². The highest BCUT2D eigenvalue weighted by Gasteiger charge is 2.25. The first-order valence-corrected chi connectivity index (χ1v) is 13.5. The molecular formula is C26H32N6O4S. The Morgan fingerprint density at radius 3 is 2.54 bits per heavy atom. The maximum atomic E-state index is 13.2. The minimum Gasteiger partial charge on any atom is -0.471 e. The van der Waals surface area contributed by atoms with Gasteiger partial charge in [0.15, 0.2) is 0 Å². The number of ether oxygens (including phenoxy) is 1. The van der Waals surface area contributed by atoms with Gasteiger partial charge in [0.05, 0.1) is 17.1 Å². The SMILES string of the molecule is CNCCNCC1CN(C)C(=O)c2cccc(c2)S(=O)(=O)Nc2nc(cc(-c3c(C)cccc3C)n2)O1. The van der Waals surface area contributed by atoms with Gasteiger partial charge in [-0.3, -0.25) is 4.79 Å². The number of amides is 1. The van der Waals surface area contributed by atoms with Gasteiger partial charge in [0, 0.05) is 43.9 Å². The fourth-order valence-electron chi connectivity index (χ4n) is 4.25. The Hall–Kier alpha value is -3.54. The highest BCUT2D eigenvalue weighted by atomic mass is 32.2. The van der Waals surface area contributed by atoms with Crippen molar-refractivity contribution in [2.75, 3.05) is 45.0 Å². The normalized spacial score (nSPS) is 17.1. The van der Waals surface area contributed by atoms with Crippen LogP contribution in [0.5, 0.6) is 5.88 Å². The summed E-state index contributed by atoms with van der Waals surface area (Å²) in [4.78, 5) is 23.5. The number of hydrogen-bond acceptors (Lipinski definition) is 8. The largest absolute Gasteiger partial charge is 0.471 e. The predicted molar refractivity (Wildman–Crippen MR) is 142 cm³/mol. The number of anilines is 1. The maximum absolute atomic E-state index is 13.2. The summed E-state index contributed by atoms with van der Waals surface area (Å²) in [5.74, 6) is -0.215. The van der Waals surface area contributed by atoms with Crippen molar-refractivity contribution in [1.29, 1.82) is 0 Å². The first-order valence-electron chi connectivity index (χ1n) is 12.0. The van der Waals surface area contributed by atoms with E-state index >= 15 is 0 Å². The minimum absolute atomic E-state index is 0.0557. The van der Waals surface area contributed by atoms with Crippen molar-refractivity contribution in [3.63, 3.8) is 0 Å². The van der Waals surface area contributed by atoms with Gasteiger partial charge in [-0.25, -0.2) is 18.1 Å². The highest BCUT2D eigenvalue weighted by molar-refractivity contribution is 7.92. The quantitative estimate of drug-likeness (QED) is 0.419. The van der Waals surface area contributed by atoms with Crippen LogP contribution in [0.4, 0.5) is 5.95 Å². The molecule has 10 nitrogen and oxygen atoms in total. The van der Waals surface area contributed by atoms with Crippen LogP contribution < -0.4 is 20.1 Å². The van der Waals surface area contributed by atoms with E-state index in [1.54, 1.807) is 25.2 Å². The van der Waals surface area contributed by atoms with Gasteiger partial charge in [-0.1, -0.05) is 24.3 Å². The van der Waals surface area contributed by atoms with E-state index in [0.29, 0.717) is 18.8 Å². The van der Waals surface area contributed by atoms with E-state index in [2.05, 4.69) is 25.3 Å². The van der Waals surface area contributed by atoms with E-state index in [1.807, 2.05) is 39.1 Å². The summed E-state index contributed by atoms with van der Waals surface area (Å²) in [5.41, 5.74) is 3.64. The number of likely N-dealkylation sites (N-methyl/N-ethyl adjacent to an activating group) is 2. The Morgan fingerprint density at radius 2 is 1.81 bits per heavy atom. The van der Waals surface area contributed by atoms with Crippen molar-refractivity contribution in [3.05, 3.63) is 65.2 Å². The second-order valence-electron chi connectivity index (χ2n) is 9.05. The lowest BCUT2D eigenvalue weighted by Crippen LogP contribution is -2.43. The van der Waals surface area contributed by atoms with Gasteiger partial charge in [-0.15, -0.1) is 0 Å². The fourth-order valence-corrected chi connectivity index (χ4v) is 5.24. The van der Waals surface area contributed by atoms with Crippen LogP contribution in [0.1, 0.15) is 21.5 Å². The van der Waals surface area contributed by atoms with Gasteiger partial charge < -0.3 is 20.3 Å². The molecule has 4 rings (SSSR count). The average Bonchev–Trinajstić information content (AvgIpc) is 2.85. The zero-order valence-corrected chi connectivity index (χ0v) is 22.2. The zero-order valence-electron chi connectivity index (χ0n) is 21.4.